The van der Waals surface area contributed by atoms with Crippen molar-refractivity contribution < 1.29 is 36.2 Å². The summed E-state index contributed by atoms with van der Waals surface area (Å²) in [4.78, 5) is 16.6. The van der Waals surface area contributed by atoms with Crippen LogP contribution in [0.25, 0.3) is 0 Å². The molecule has 0 spiro atoms. The summed E-state index contributed by atoms with van der Waals surface area (Å²) in [6, 6.07) is 9.36. The first-order valence-electron chi connectivity index (χ1n) is 11.3. The summed E-state index contributed by atoms with van der Waals surface area (Å²) >= 11 is 0. The molecule has 0 radical (unpaired) electrons. The summed E-state index contributed by atoms with van der Waals surface area (Å²) in [6.45, 7) is 3.01. The molecule has 2 aromatic carbocycles. The Morgan fingerprint density at radius 2 is 1.66 bits per heavy atom. The van der Waals surface area contributed by atoms with Crippen LogP contribution in [-0.4, -0.2) is 47.9 Å². The fourth-order valence-corrected chi connectivity index (χ4v) is 4.73. The number of rotatable bonds is 5. The maximum absolute atomic E-state index is 13.1. The van der Waals surface area contributed by atoms with Crippen LogP contribution in [0.15, 0.2) is 42.5 Å². The second kappa shape index (κ2) is 8.72. The maximum Gasteiger partial charge on any atom is 0.430 e. The standard InChI is InChI=1S/C25H26F6N2O2/c1-15-12-21(15)32(2)22(34)18-7-10-20-17(13-18)4-3-11-33(20)14-16-5-8-19(9-6-16)23(35,24(26,27)28)25(29,30)31/h5-10,13,15,21,35H,3-4,11-12,14H2,1-2H3. The van der Waals surface area contributed by atoms with E-state index in [2.05, 4.69) is 6.92 Å². The lowest BCUT2D eigenvalue weighted by molar-refractivity contribution is -0.376. The number of carbonyl (C=O) groups excluding carboxylic acids is 1. The molecule has 4 rings (SSSR count). The Balaban J connectivity index is 1.53. The lowest BCUT2D eigenvalue weighted by Crippen LogP contribution is -2.53. The number of alkyl halides is 6. The molecule has 2 atom stereocenters. The van der Waals surface area contributed by atoms with Crippen LogP contribution in [0.3, 0.4) is 0 Å². The van der Waals surface area contributed by atoms with E-state index in [1.807, 2.05) is 17.0 Å². The van der Waals surface area contributed by atoms with Gasteiger partial charge >= 0.3 is 12.4 Å². The molecule has 1 N–H and O–H groups in total. The number of hydrogen-bond donors (Lipinski definition) is 1. The summed E-state index contributed by atoms with van der Waals surface area (Å²) < 4.78 is 78.8. The van der Waals surface area contributed by atoms with Crippen molar-refractivity contribution in [1.82, 2.24) is 4.90 Å². The number of benzene rings is 2. The zero-order valence-electron chi connectivity index (χ0n) is 19.2. The van der Waals surface area contributed by atoms with Gasteiger partial charge in [-0.2, -0.15) is 26.3 Å². The molecule has 2 unspecified atom stereocenters. The number of nitrogens with zero attached hydrogens (tertiary/aromatic N) is 2. The first kappa shape index (κ1) is 25.3. The van der Waals surface area contributed by atoms with Crippen molar-refractivity contribution in [2.45, 2.75) is 56.7 Å². The van der Waals surface area contributed by atoms with Gasteiger partial charge in [-0.3, -0.25) is 4.79 Å². The van der Waals surface area contributed by atoms with Crippen LogP contribution >= 0.6 is 0 Å². The SMILES string of the molecule is CC1CC1N(C)C(=O)c1ccc2c(c1)CCCN2Cc1ccc(C(O)(C(F)(F)F)C(F)(F)F)cc1. The minimum absolute atomic E-state index is 0.0447. The molecule has 2 aliphatic rings. The summed E-state index contributed by atoms with van der Waals surface area (Å²) in [7, 11) is 1.80. The Kier molecular flexibility index (Phi) is 6.32. The second-order valence-corrected chi connectivity index (χ2v) is 9.47. The van der Waals surface area contributed by atoms with Crippen LogP contribution in [0, 0.1) is 5.92 Å². The van der Waals surface area contributed by atoms with Gasteiger partial charge in [0.2, 0.25) is 0 Å². The average Bonchev–Trinajstić information content (AvgIpc) is 3.53. The van der Waals surface area contributed by atoms with Gasteiger partial charge in [0.05, 0.1) is 0 Å². The van der Waals surface area contributed by atoms with E-state index in [0.29, 0.717) is 35.7 Å². The van der Waals surface area contributed by atoms with Gasteiger partial charge in [0.15, 0.2) is 0 Å². The minimum Gasteiger partial charge on any atom is -0.369 e. The Hall–Kier alpha value is -2.75. The number of amides is 1. The monoisotopic (exact) mass is 500 g/mol. The zero-order valence-corrected chi connectivity index (χ0v) is 19.2. The number of aliphatic hydroxyl groups is 1. The van der Waals surface area contributed by atoms with E-state index in [1.54, 1.807) is 18.0 Å². The van der Waals surface area contributed by atoms with Crippen molar-refractivity contribution >= 4 is 11.6 Å². The summed E-state index contributed by atoms with van der Waals surface area (Å²) in [5, 5.41) is 9.57. The third kappa shape index (κ3) is 4.60. The topological polar surface area (TPSA) is 43.8 Å². The molecular formula is C25H26F6N2O2. The molecule has 1 heterocycles. The van der Waals surface area contributed by atoms with Crippen molar-refractivity contribution in [3.05, 3.63) is 64.7 Å². The van der Waals surface area contributed by atoms with Crippen LogP contribution in [0.5, 0.6) is 0 Å². The maximum atomic E-state index is 13.1. The van der Waals surface area contributed by atoms with Crippen molar-refractivity contribution in [3.8, 4) is 0 Å². The third-order valence-corrected chi connectivity index (χ3v) is 6.99. The number of aryl methyl sites for hydroxylation is 1. The van der Waals surface area contributed by atoms with Gasteiger partial charge in [0.1, 0.15) is 0 Å². The molecule has 1 amide bonds. The molecule has 10 heteroatoms. The number of hydrogen-bond acceptors (Lipinski definition) is 3. The fourth-order valence-electron chi connectivity index (χ4n) is 4.73. The van der Waals surface area contributed by atoms with E-state index in [4.69, 9.17) is 0 Å². The molecule has 1 fully saturated rings. The quantitative estimate of drug-likeness (QED) is 0.557. The third-order valence-electron chi connectivity index (χ3n) is 6.99. The van der Waals surface area contributed by atoms with Gasteiger partial charge in [-0.25, -0.2) is 0 Å². The molecule has 190 valence electrons. The van der Waals surface area contributed by atoms with E-state index in [1.165, 1.54) is 0 Å². The van der Waals surface area contributed by atoms with E-state index >= 15 is 0 Å². The van der Waals surface area contributed by atoms with Crippen LogP contribution in [0.2, 0.25) is 0 Å². The normalized spacial score (nSPS) is 20.4. The lowest BCUT2D eigenvalue weighted by Gasteiger charge is -2.33. The number of anilines is 1. The smallest absolute Gasteiger partial charge is 0.369 e. The Bertz CT molecular complexity index is 1080. The van der Waals surface area contributed by atoms with Gasteiger partial charge in [-0.15, -0.1) is 0 Å². The first-order valence-corrected chi connectivity index (χ1v) is 11.3. The zero-order chi connectivity index (χ0) is 25.8. The predicted molar refractivity (Wildman–Crippen MR) is 118 cm³/mol. The highest BCUT2D eigenvalue weighted by Gasteiger charge is 2.71. The van der Waals surface area contributed by atoms with Crippen molar-refractivity contribution in [2.24, 2.45) is 5.92 Å². The molecular weight excluding hydrogens is 474 g/mol. The molecule has 0 bridgehead atoms. The van der Waals surface area contributed by atoms with Gasteiger partial charge < -0.3 is 14.9 Å². The summed E-state index contributed by atoms with van der Waals surface area (Å²) in [5.41, 5.74) is -3.28. The van der Waals surface area contributed by atoms with Crippen LogP contribution in [-0.2, 0) is 18.6 Å². The van der Waals surface area contributed by atoms with Crippen molar-refractivity contribution in [1.29, 1.82) is 0 Å². The van der Waals surface area contributed by atoms with E-state index in [0.717, 1.165) is 42.6 Å². The van der Waals surface area contributed by atoms with Crippen molar-refractivity contribution in [3.63, 3.8) is 0 Å². The molecule has 0 saturated heterocycles. The fraction of sp³-hybridized carbons (Fsp3) is 0.480. The molecule has 4 nitrogen and oxygen atoms in total. The molecule has 1 aliphatic carbocycles. The van der Waals surface area contributed by atoms with Crippen LogP contribution in [0.1, 0.15) is 46.8 Å². The summed E-state index contributed by atoms with van der Waals surface area (Å²) in [6.07, 6.45) is -9.29. The Labute approximate surface area is 199 Å². The first-order chi connectivity index (χ1) is 16.2. The highest BCUT2D eigenvalue weighted by atomic mass is 19.4. The molecule has 0 aromatic heterocycles. The highest BCUT2D eigenvalue weighted by molar-refractivity contribution is 5.95. The molecule has 1 saturated carbocycles. The number of carbonyl (C=O) groups is 1. The van der Waals surface area contributed by atoms with Gasteiger partial charge in [-0.1, -0.05) is 31.2 Å². The minimum atomic E-state index is -5.92. The second-order valence-electron chi connectivity index (χ2n) is 9.47. The number of fused-ring (bicyclic) bond motifs is 1. The largest absolute Gasteiger partial charge is 0.430 e. The molecule has 2 aromatic rings. The molecule has 1 aliphatic heterocycles. The van der Waals surface area contributed by atoms with Gasteiger partial charge in [0.25, 0.3) is 11.5 Å². The van der Waals surface area contributed by atoms with Gasteiger partial charge in [0, 0.05) is 43.0 Å². The number of halogens is 6. The average molecular weight is 500 g/mol. The van der Waals surface area contributed by atoms with E-state index in [-0.39, 0.29) is 18.5 Å². The van der Waals surface area contributed by atoms with Crippen molar-refractivity contribution in [2.75, 3.05) is 18.5 Å². The Morgan fingerprint density at radius 1 is 1.06 bits per heavy atom. The Morgan fingerprint density at radius 3 is 2.20 bits per heavy atom. The summed E-state index contributed by atoms with van der Waals surface area (Å²) in [5.74, 6) is 0.448. The van der Waals surface area contributed by atoms with Crippen LogP contribution in [0.4, 0.5) is 32.0 Å². The van der Waals surface area contributed by atoms with E-state index < -0.39 is 23.5 Å². The van der Waals surface area contributed by atoms with Gasteiger partial charge in [-0.05, 0) is 54.5 Å². The van der Waals surface area contributed by atoms with Crippen LogP contribution < -0.4 is 4.90 Å². The molecule has 35 heavy (non-hydrogen) atoms. The van der Waals surface area contributed by atoms with E-state index in [9.17, 15) is 36.2 Å². The highest BCUT2D eigenvalue weighted by Crippen LogP contribution is 2.50. The predicted octanol–water partition coefficient (Wildman–Crippen LogP) is 5.43. The lowest BCUT2D eigenvalue weighted by atomic mass is 9.91.